The van der Waals surface area contributed by atoms with Gasteiger partial charge in [-0.15, -0.1) is 0 Å². The van der Waals surface area contributed by atoms with Gasteiger partial charge in [0.15, 0.2) is 0 Å². The van der Waals surface area contributed by atoms with Gasteiger partial charge in [0.1, 0.15) is 16.8 Å². The van der Waals surface area contributed by atoms with Gasteiger partial charge in [-0.1, -0.05) is 25.4 Å². The summed E-state index contributed by atoms with van der Waals surface area (Å²) in [6.45, 7) is 9.38. The van der Waals surface area contributed by atoms with Gasteiger partial charge >= 0.3 is 0 Å². The Morgan fingerprint density at radius 2 is 2.10 bits per heavy atom. The second kappa shape index (κ2) is 6.24. The van der Waals surface area contributed by atoms with Gasteiger partial charge < -0.3 is 14.7 Å². The summed E-state index contributed by atoms with van der Waals surface area (Å²) < 4.78 is 5.67. The van der Waals surface area contributed by atoms with Crippen molar-refractivity contribution in [3.8, 4) is 0 Å². The van der Waals surface area contributed by atoms with Crippen molar-refractivity contribution >= 4 is 17.4 Å². The van der Waals surface area contributed by atoms with Crippen LogP contribution in [0.3, 0.4) is 0 Å². The maximum absolute atomic E-state index is 9.33. The molecule has 0 aromatic carbocycles. The third-order valence-electron chi connectivity index (χ3n) is 3.42. The predicted molar refractivity (Wildman–Crippen MR) is 79.5 cm³/mol. The lowest BCUT2D eigenvalue weighted by Gasteiger charge is -2.37. The van der Waals surface area contributed by atoms with Gasteiger partial charge in [0, 0.05) is 24.6 Å². The number of halogens is 1. The molecule has 1 aromatic rings. The summed E-state index contributed by atoms with van der Waals surface area (Å²) in [7, 11) is 0. The first-order valence-corrected chi connectivity index (χ1v) is 7.35. The number of hydrogen-bond donors (Lipinski definition) is 1. The molecule has 0 amide bonds. The van der Waals surface area contributed by atoms with Crippen LogP contribution in [0, 0.1) is 6.92 Å². The molecule has 1 saturated heterocycles. The van der Waals surface area contributed by atoms with E-state index < -0.39 is 0 Å². The Kier molecular flexibility index (Phi) is 4.83. The van der Waals surface area contributed by atoms with E-state index in [0.29, 0.717) is 11.7 Å². The zero-order valence-electron chi connectivity index (χ0n) is 12.4. The van der Waals surface area contributed by atoms with Crippen LogP contribution in [0.1, 0.15) is 38.1 Å². The van der Waals surface area contributed by atoms with Crippen LogP contribution in [0.5, 0.6) is 0 Å². The lowest BCUT2D eigenvalue weighted by molar-refractivity contribution is -0.0423. The van der Waals surface area contributed by atoms with Crippen molar-refractivity contribution in [1.82, 2.24) is 9.97 Å². The van der Waals surface area contributed by atoms with Crippen LogP contribution in [0.25, 0.3) is 0 Å². The fraction of sp³-hybridized carbons (Fsp3) is 0.714. The minimum absolute atomic E-state index is 0.00966. The normalized spacial score (nSPS) is 23.4. The van der Waals surface area contributed by atoms with Crippen LogP contribution in [-0.4, -0.2) is 47.0 Å². The molecule has 2 unspecified atom stereocenters. The highest BCUT2D eigenvalue weighted by atomic mass is 35.5. The number of hydrogen-bond acceptors (Lipinski definition) is 5. The Morgan fingerprint density at radius 3 is 2.70 bits per heavy atom. The molecule has 5 nitrogen and oxygen atoms in total. The number of nitrogens with zero attached hydrogens (tertiary/aromatic N) is 3. The van der Waals surface area contributed by atoms with Crippen molar-refractivity contribution < 1.29 is 9.84 Å². The minimum Gasteiger partial charge on any atom is -0.394 e. The maximum Gasteiger partial charge on any atom is 0.137 e. The highest BCUT2D eigenvalue weighted by Gasteiger charge is 2.27. The van der Waals surface area contributed by atoms with Gasteiger partial charge in [0.25, 0.3) is 0 Å². The fourth-order valence-electron chi connectivity index (χ4n) is 2.38. The molecule has 0 saturated carbocycles. The van der Waals surface area contributed by atoms with E-state index in [1.54, 1.807) is 0 Å². The number of ether oxygens (including phenoxy) is 1. The van der Waals surface area contributed by atoms with E-state index in [0.717, 1.165) is 23.8 Å². The Balaban J connectivity index is 2.35. The van der Waals surface area contributed by atoms with E-state index in [2.05, 4.69) is 14.9 Å². The van der Waals surface area contributed by atoms with Crippen LogP contribution in [0.15, 0.2) is 0 Å². The molecule has 6 heteroatoms. The number of aromatic nitrogens is 2. The van der Waals surface area contributed by atoms with Crippen LogP contribution < -0.4 is 4.90 Å². The summed E-state index contributed by atoms with van der Waals surface area (Å²) in [5.41, 5.74) is 0.877. The molecule has 2 rings (SSSR count). The molecule has 1 aliphatic heterocycles. The molecule has 20 heavy (non-hydrogen) atoms. The SMILES string of the molecule is Cc1c(Cl)nc(C(C)C)nc1N1CC(C)OC(CO)C1. The zero-order chi connectivity index (χ0) is 14.9. The molecule has 1 N–H and O–H groups in total. The summed E-state index contributed by atoms with van der Waals surface area (Å²) >= 11 is 6.23. The average Bonchev–Trinajstić information content (AvgIpc) is 2.40. The zero-order valence-corrected chi connectivity index (χ0v) is 13.2. The first kappa shape index (κ1) is 15.5. The molecule has 0 bridgehead atoms. The monoisotopic (exact) mass is 299 g/mol. The highest BCUT2D eigenvalue weighted by Crippen LogP contribution is 2.28. The summed E-state index contributed by atoms with van der Waals surface area (Å²) in [5, 5.41) is 9.83. The van der Waals surface area contributed by atoms with Crippen molar-refractivity contribution in [2.45, 2.75) is 45.8 Å². The van der Waals surface area contributed by atoms with Gasteiger partial charge in [-0.2, -0.15) is 0 Å². The average molecular weight is 300 g/mol. The molecule has 2 atom stereocenters. The molecule has 2 heterocycles. The van der Waals surface area contributed by atoms with E-state index in [9.17, 15) is 5.11 Å². The molecular formula is C14H22ClN3O2. The number of aliphatic hydroxyl groups excluding tert-OH is 1. The Hall–Kier alpha value is -0.910. The van der Waals surface area contributed by atoms with E-state index >= 15 is 0 Å². The van der Waals surface area contributed by atoms with Gasteiger partial charge in [-0.3, -0.25) is 0 Å². The van der Waals surface area contributed by atoms with Gasteiger partial charge in [0.05, 0.1) is 18.8 Å². The number of rotatable bonds is 3. The molecule has 112 valence electrons. The van der Waals surface area contributed by atoms with Crippen molar-refractivity contribution in [1.29, 1.82) is 0 Å². The summed E-state index contributed by atoms with van der Waals surface area (Å²) in [6.07, 6.45) is -0.133. The molecule has 0 radical (unpaired) electrons. The van der Waals surface area contributed by atoms with Gasteiger partial charge in [0.2, 0.25) is 0 Å². The minimum atomic E-state index is -0.186. The van der Waals surface area contributed by atoms with E-state index in [4.69, 9.17) is 16.3 Å². The second-order valence-electron chi connectivity index (χ2n) is 5.63. The number of morpholine rings is 1. The van der Waals surface area contributed by atoms with Crippen molar-refractivity contribution in [2.75, 3.05) is 24.6 Å². The molecule has 1 aromatic heterocycles. The number of aliphatic hydroxyl groups is 1. The van der Waals surface area contributed by atoms with Crippen molar-refractivity contribution in [2.24, 2.45) is 0 Å². The predicted octanol–water partition coefficient (Wildman–Crippen LogP) is 2.15. The summed E-state index contributed by atoms with van der Waals surface area (Å²) in [4.78, 5) is 11.1. The summed E-state index contributed by atoms with van der Waals surface area (Å²) in [5.74, 6) is 1.82. The molecule has 1 aliphatic rings. The van der Waals surface area contributed by atoms with Gasteiger partial charge in [-0.05, 0) is 13.8 Å². The Bertz CT molecular complexity index is 482. The highest BCUT2D eigenvalue weighted by molar-refractivity contribution is 6.30. The van der Waals surface area contributed by atoms with E-state index in [1.807, 2.05) is 27.7 Å². The number of anilines is 1. The molecular weight excluding hydrogens is 278 g/mol. The molecule has 0 aliphatic carbocycles. The van der Waals surface area contributed by atoms with Gasteiger partial charge in [-0.25, -0.2) is 9.97 Å². The summed E-state index contributed by atoms with van der Waals surface area (Å²) in [6, 6.07) is 0. The van der Waals surface area contributed by atoms with Crippen LogP contribution >= 0.6 is 11.6 Å². The first-order valence-electron chi connectivity index (χ1n) is 6.97. The molecule has 0 spiro atoms. The lowest BCUT2D eigenvalue weighted by atomic mass is 10.1. The second-order valence-corrected chi connectivity index (χ2v) is 5.99. The fourth-order valence-corrected chi connectivity index (χ4v) is 2.55. The Labute approximate surface area is 124 Å². The molecule has 1 fully saturated rings. The third kappa shape index (κ3) is 3.22. The standard InChI is InChI=1S/C14H22ClN3O2/c1-8(2)13-16-12(15)10(4)14(17-13)18-5-9(3)20-11(6-18)7-19/h8-9,11,19H,5-7H2,1-4H3. The van der Waals surface area contributed by atoms with E-state index in [1.165, 1.54) is 0 Å². The quantitative estimate of drug-likeness (QED) is 0.867. The maximum atomic E-state index is 9.33. The Morgan fingerprint density at radius 1 is 1.40 bits per heavy atom. The smallest absolute Gasteiger partial charge is 0.137 e. The van der Waals surface area contributed by atoms with Crippen molar-refractivity contribution in [3.63, 3.8) is 0 Å². The van der Waals surface area contributed by atoms with Crippen molar-refractivity contribution in [3.05, 3.63) is 16.5 Å². The first-order chi connectivity index (χ1) is 9.42. The lowest BCUT2D eigenvalue weighted by Crippen LogP contribution is -2.48. The largest absolute Gasteiger partial charge is 0.394 e. The van der Waals surface area contributed by atoms with Crippen LogP contribution in [0.2, 0.25) is 5.15 Å². The topological polar surface area (TPSA) is 58.5 Å². The van der Waals surface area contributed by atoms with Crippen LogP contribution in [0.4, 0.5) is 5.82 Å². The van der Waals surface area contributed by atoms with E-state index in [-0.39, 0.29) is 24.7 Å². The third-order valence-corrected chi connectivity index (χ3v) is 3.79. The van der Waals surface area contributed by atoms with Crippen LogP contribution in [-0.2, 0) is 4.74 Å².